The van der Waals surface area contributed by atoms with Gasteiger partial charge in [0.2, 0.25) is 0 Å². The lowest BCUT2D eigenvalue weighted by molar-refractivity contribution is 0.0662. The molecule has 1 aromatic rings. The second-order valence-electron chi connectivity index (χ2n) is 5.31. The molecule has 1 aromatic carbocycles. The first kappa shape index (κ1) is 14.8. The van der Waals surface area contributed by atoms with Gasteiger partial charge in [0.15, 0.2) is 5.84 Å². The SMILES string of the molecule is Cc1cc(/C(N)=N/O)ccc1CNCC1CCOCC1. The Morgan fingerprint density at radius 3 is 2.85 bits per heavy atom. The molecular formula is C15H23N3O2. The summed E-state index contributed by atoms with van der Waals surface area (Å²) in [6, 6.07) is 5.85. The van der Waals surface area contributed by atoms with Crippen LogP contribution in [-0.4, -0.2) is 30.8 Å². The maximum absolute atomic E-state index is 8.67. The van der Waals surface area contributed by atoms with E-state index >= 15 is 0 Å². The molecule has 0 unspecified atom stereocenters. The summed E-state index contributed by atoms with van der Waals surface area (Å²) < 4.78 is 5.36. The summed E-state index contributed by atoms with van der Waals surface area (Å²) in [7, 11) is 0. The Kier molecular flexibility index (Phi) is 5.38. The van der Waals surface area contributed by atoms with Crippen LogP contribution >= 0.6 is 0 Å². The summed E-state index contributed by atoms with van der Waals surface area (Å²) in [5, 5.41) is 15.2. The van der Waals surface area contributed by atoms with E-state index < -0.39 is 0 Å². The third-order valence-corrected chi connectivity index (χ3v) is 3.84. The van der Waals surface area contributed by atoms with E-state index in [1.54, 1.807) is 0 Å². The predicted molar refractivity (Wildman–Crippen MR) is 78.9 cm³/mol. The molecule has 5 nitrogen and oxygen atoms in total. The summed E-state index contributed by atoms with van der Waals surface area (Å²) in [5.74, 6) is 0.871. The molecular weight excluding hydrogens is 254 g/mol. The van der Waals surface area contributed by atoms with E-state index in [-0.39, 0.29) is 5.84 Å². The van der Waals surface area contributed by atoms with Gasteiger partial charge in [-0.2, -0.15) is 0 Å². The average molecular weight is 277 g/mol. The summed E-state index contributed by atoms with van der Waals surface area (Å²) >= 11 is 0. The topological polar surface area (TPSA) is 79.9 Å². The number of rotatable bonds is 5. The summed E-state index contributed by atoms with van der Waals surface area (Å²) in [6.07, 6.45) is 2.29. The minimum absolute atomic E-state index is 0.148. The van der Waals surface area contributed by atoms with E-state index in [0.717, 1.165) is 56.2 Å². The highest BCUT2D eigenvalue weighted by Crippen LogP contribution is 2.14. The van der Waals surface area contributed by atoms with Crippen molar-refractivity contribution in [3.63, 3.8) is 0 Å². The van der Waals surface area contributed by atoms with Gasteiger partial charge in [0, 0.05) is 25.3 Å². The number of oxime groups is 1. The lowest BCUT2D eigenvalue weighted by Gasteiger charge is -2.22. The highest BCUT2D eigenvalue weighted by atomic mass is 16.5. The molecule has 1 aliphatic rings. The zero-order valence-corrected chi connectivity index (χ0v) is 11.9. The number of ether oxygens (including phenoxy) is 1. The molecule has 110 valence electrons. The standard InChI is InChI=1S/C15H23N3O2/c1-11-8-13(15(16)18-19)2-3-14(11)10-17-9-12-4-6-20-7-5-12/h2-3,8,12,17,19H,4-7,9-10H2,1H3,(H2,16,18). The number of nitrogens with two attached hydrogens (primary N) is 1. The van der Waals surface area contributed by atoms with Crippen molar-refractivity contribution in [1.29, 1.82) is 0 Å². The number of amidine groups is 1. The van der Waals surface area contributed by atoms with Crippen LogP contribution in [0.15, 0.2) is 23.4 Å². The summed E-state index contributed by atoms with van der Waals surface area (Å²) in [4.78, 5) is 0. The molecule has 0 atom stereocenters. The van der Waals surface area contributed by atoms with Crippen LogP contribution in [0.4, 0.5) is 0 Å². The number of nitrogens with one attached hydrogen (secondary N) is 1. The van der Waals surface area contributed by atoms with Gasteiger partial charge in [-0.3, -0.25) is 0 Å². The predicted octanol–water partition coefficient (Wildman–Crippen LogP) is 1.61. The zero-order chi connectivity index (χ0) is 14.4. The first-order valence-corrected chi connectivity index (χ1v) is 7.06. The van der Waals surface area contributed by atoms with Crippen LogP contribution in [0.1, 0.15) is 29.5 Å². The van der Waals surface area contributed by atoms with Gasteiger partial charge in [-0.1, -0.05) is 17.3 Å². The maximum atomic E-state index is 8.67. The van der Waals surface area contributed by atoms with E-state index in [0.29, 0.717) is 0 Å². The fourth-order valence-corrected chi connectivity index (χ4v) is 2.47. The molecule has 20 heavy (non-hydrogen) atoms. The first-order chi connectivity index (χ1) is 9.70. The Balaban J connectivity index is 1.86. The number of benzene rings is 1. The molecule has 1 aliphatic heterocycles. The highest BCUT2D eigenvalue weighted by Gasteiger charge is 2.13. The van der Waals surface area contributed by atoms with E-state index in [4.69, 9.17) is 15.7 Å². The van der Waals surface area contributed by atoms with Crippen LogP contribution in [0.25, 0.3) is 0 Å². The smallest absolute Gasteiger partial charge is 0.170 e. The molecule has 0 spiro atoms. The molecule has 0 aromatic heterocycles. The number of hydrogen-bond donors (Lipinski definition) is 3. The Morgan fingerprint density at radius 2 is 2.20 bits per heavy atom. The van der Waals surface area contributed by atoms with Gasteiger partial charge in [0.25, 0.3) is 0 Å². The Hall–Kier alpha value is -1.59. The van der Waals surface area contributed by atoms with Crippen molar-refractivity contribution >= 4 is 5.84 Å². The average Bonchev–Trinajstić information content (AvgIpc) is 2.49. The minimum Gasteiger partial charge on any atom is -0.409 e. The molecule has 5 heteroatoms. The highest BCUT2D eigenvalue weighted by molar-refractivity contribution is 5.97. The van der Waals surface area contributed by atoms with E-state index in [9.17, 15) is 0 Å². The van der Waals surface area contributed by atoms with Gasteiger partial charge in [0.1, 0.15) is 0 Å². The third kappa shape index (κ3) is 3.95. The van der Waals surface area contributed by atoms with E-state index in [1.165, 1.54) is 5.56 Å². The van der Waals surface area contributed by atoms with Crippen LogP contribution in [-0.2, 0) is 11.3 Å². The minimum atomic E-state index is 0.148. The maximum Gasteiger partial charge on any atom is 0.170 e. The molecule has 0 amide bonds. The molecule has 1 fully saturated rings. The van der Waals surface area contributed by atoms with Gasteiger partial charge < -0.3 is 21.0 Å². The molecule has 0 bridgehead atoms. The van der Waals surface area contributed by atoms with Gasteiger partial charge in [-0.25, -0.2) is 0 Å². The van der Waals surface area contributed by atoms with Crippen molar-refractivity contribution < 1.29 is 9.94 Å². The molecule has 2 rings (SSSR count). The normalized spacial score (nSPS) is 17.4. The van der Waals surface area contributed by atoms with Crippen molar-refractivity contribution in [2.75, 3.05) is 19.8 Å². The summed E-state index contributed by atoms with van der Waals surface area (Å²) in [5.41, 5.74) is 8.72. The van der Waals surface area contributed by atoms with Gasteiger partial charge in [-0.05, 0) is 49.4 Å². The summed E-state index contributed by atoms with van der Waals surface area (Å²) in [6.45, 7) is 5.70. The van der Waals surface area contributed by atoms with Crippen molar-refractivity contribution in [3.05, 3.63) is 34.9 Å². The second kappa shape index (κ2) is 7.26. The van der Waals surface area contributed by atoms with E-state index in [1.807, 2.05) is 25.1 Å². The van der Waals surface area contributed by atoms with Crippen molar-refractivity contribution in [3.8, 4) is 0 Å². The molecule has 0 radical (unpaired) electrons. The van der Waals surface area contributed by atoms with Crippen LogP contribution in [0.5, 0.6) is 0 Å². The molecule has 4 N–H and O–H groups in total. The van der Waals surface area contributed by atoms with Crippen LogP contribution < -0.4 is 11.1 Å². The van der Waals surface area contributed by atoms with Gasteiger partial charge in [0.05, 0.1) is 0 Å². The quantitative estimate of drug-likeness (QED) is 0.330. The largest absolute Gasteiger partial charge is 0.409 e. The Labute approximate surface area is 119 Å². The molecule has 0 aliphatic carbocycles. The molecule has 1 saturated heterocycles. The fourth-order valence-electron chi connectivity index (χ4n) is 2.47. The fraction of sp³-hybridized carbons (Fsp3) is 0.533. The molecule has 1 heterocycles. The second-order valence-corrected chi connectivity index (χ2v) is 5.31. The number of nitrogens with zero attached hydrogens (tertiary/aromatic N) is 1. The third-order valence-electron chi connectivity index (χ3n) is 3.84. The Morgan fingerprint density at radius 1 is 1.45 bits per heavy atom. The Bertz CT molecular complexity index is 468. The lowest BCUT2D eigenvalue weighted by atomic mass is 10.00. The van der Waals surface area contributed by atoms with Crippen LogP contribution in [0.2, 0.25) is 0 Å². The first-order valence-electron chi connectivity index (χ1n) is 7.06. The monoisotopic (exact) mass is 277 g/mol. The van der Waals surface area contributed by atoms with Crippen LogP contribution in [0, 0.1) is 12.8 Å². The van der Waals surface area contributed by atoms with Crippen LogP contribution in [0.3, 0.4) is 0 Å². The van der Waals surface area contributed by atoms with Crippen molar-refractivity contribution in [1.82, 2.24) is 5.32 Å². The van der Waals surface area contributed by atoms with Crippen molar-refractivity contribution in [2.45, 2.75) is 26.3 Å². The number of aryl methyl sites for hydroxylation is 1. The van der Waals surface area contributed by atoms with E-state index in [2.05, 4.69) is 10.5 Å². The number of hydrogen-bond acceptors (Lipinski definition) is 4. The zero-order valence-electron chi connectivity index (χ0n) is 11.9. The van der Waals surface area contributed by atoms with Gasteiger partial charge in [-0.15, -0.1) is 0 Å². The molecule has 0 saturated carbocycles. The van der Waals surface area contributed by atoms with Gasteiger partial charge >= 0.3 is 0 Å². The lowest BCUT2D eigenvalue weighted by Crippen LogP contribution is -2.27. The van der Waals surface area contributed by atoms with Crippen molar-refractivity contribution in [2.24, 2.45) is 16.8 Å².